The van der Waals surface area contributed by atoms with E-state index in [4.69, 9.17) is 4.84 Å². The zero-order valence-electron chi connectivity index (χ0n) is 12.9. The number of nitrogens with zero attached hydrogens (tertiary/aromatic N) is 1. The molecule has 0 heterocycles. The first-order chi connectivity index (χ1) is 10.4. The number of rotatable bonds is 4. The Bertz CT molecular complexity index is 439. The van der Waals surface area contributed by atoms with Gasteiger partial charge in [-0.1, -0.05) is 55.1 Å². The molecule has 0 saturated heterocycles. The number of hydrogen-bond donors (Lipinski definition) is 0. The molecule has 2 fully saturated rings. The van der Waals surface area contributed by atoms with Gasteiger partial charge in [0.2, 0.25) is 0 Å². The summed E-state index contributed by atoms with van der Waals surface area (Å²) in [7, 11) is 0. The number of benzene rings is 1. The zero-order chi connectivity index (χ0) is 14.3. The molecule has 21 heavy (non-hydrogen) atoms. The van der Waals surface area contributed by atoms with Gasteiger partial charge in [-0.3, -0.25) is 0 Å². The van der Waals surface area contributed by atoms with Gasteiger partial charge in [0.1, 0.15) is 12.3 Å². The predicted octanol–water partition coefficient (Wildman–Crippen LogP) is 5.29. The first-order valence-electron chi connectivity index (χ1n) is 8.63. The fraction of sp³-hybridized carbons (Fsp3) is 0.632. The van der Waals surface area contributed by atoms with E-state index in [9.17, 15) is 0 Å². The van der Waals surface area contributed by atoms with E-state index < -0.39 is 0 Å². The summed E-state index contributed by atoms with van der Waals surface area (Å²) in [5.41, 5.74) is 2.50. The maximum atomic E-state index is 5.55. The molecule has 0 amide bonds. The molecule has 0 unspecified atom stereocenters. The standard InChI is InChI=1S/C19H26NO/c1-3-7-17(8-4-1)18-13-11-16(12-14-18)15-20-21-19-9-5-2-6-10-19/h11-14,17,19H,1-10H2. The second kappa shape index (κ2) is 7.63. The van der Waals surface area contributed by atoms with Crippen molar-refractivity contribution in [3.8, 4) is 0 Å². The molecule has 1 aromatic carbocycles. The van der Waals surface area contributed by atoms with Gasteiger partial charge >= 0.3 is 0 Å². The van der Waals surface area contributed by atoms with Crippen LogP contribution in [0.25, 0.3) is 0 Å². The summed E-state index contributed by atoms with van der Waals surface area (Å²) in [6.45, 7) is 0. The van der Waals surface area contributed by atoms with E-state index in [-0.39, 0.29) is 0 Å². The van der Waals surface area contributed by atoms with Gasteiger partial charge in [0.05, 0.1) is 0 Å². The summed E-state index contributed by atoms with van der Waals surface area (Å²) in [5.74, 6) is 0.767. The second-order valence-electron chi connectivity index (χ2n) is 6.53. The Kier molecular flexibility index (Phi) is 5.31. The highest BCUT2D eigenvalue weighted by molar-refractivity contribution is 5.79. The third kappa shape index (κ3) is 4.33. The molecule has 2 saturated carbocycles. The van der Waals surface area contributed by atoms with Gasteiger partial charge in [-0.05, 0) is 50.0 Å². The van der Waals surface area contributed by atoms with Crippen LogP contribution in [-0.4, -0.2) is 12.3 Å². The average molecular weight is 284 g/mol. The van der Waals surface area contributed by atoms with Crippen molar-refractivity contribution in [3.05, 3.63) is 35.4 Å². The van der Waals surface area contributed by atoms with Crippen molar-refractivity contribution in [2.45, 2.75) is 76.2 Å². The van der Waals surface area contributed by atoms with Crippen LogP contribution < -0.4 is 0 Å². The van der Waals surface area contributed by atoms with Crippen molar-refractivity contribution in [3.63, 3.8) is 0 Å². The largest absolute Gasteiger partial charge is 0.392 e. The van der Waals surface area contributed by atoms with Crippen LogP contribution in [0.1, 0.15) is 81.3 Å². The minimum Gasteiger partial charge on any atom is -0.392 e. The zero-order valence-corrected chi connectivity index (χ0v) is 12.9. The lowest BCUT2D eigenvalue weighted by molar-refractivity contribution is 0.0340. The van der Waals surface area contributed by atoms with Gasteiger partial charge in [0.15, 0.2) is 0 Å². The lowest BCUT2D eigenvalue weighted by Gasteiger charge is -2.21. The molecule has 2 aliphatic carbocycles. The summed E-state index contributed by atoms with van der Waals surface area (Å²) in [6.07, 6.45) is 16.4. The van der Waals surface area contributed by atoms with Crippen LogP contribution >= 0.6 is 0 Å². The van der Waals surface area contributed by atoms with Gasteiger partial charge in [0.25, 0.3) is 0 Å². The lowest BCUT2D eigenvalue weighted by atomic mass is 9.84. The fourth-order valence-corrected chi connectivity index (χ4v) is 3.59. The van der Waals surface area contributed by atoms with Crippen molar-refractivity contribution < 1.29 is 4.84 Å². The van der Waals surface area contributed by atoms with E-state index in [2.05, 4.69) is 35.6 Å². The van der Waals surface area contributed by atoms with Gasteiger partial charge in [-0.2, -0.15) is 0 Å². The van der Waals surface area contributed by atoms with E-state index >= 15 is 0 Å². The highest BCUT2D eigenvalue weighted by Crippen LogP contribution is 2.32. The SMILES string of the molecule is [C](=N\OC1CCCCC1)/c1ccc(C2CCCCC2)cc1. The Morgan fingerprint density at radius 1 is 0.810 bits per heavy atom. The van der Waals surface area contributed by atoms with E-state index in [0.717, 1.165) is 24.3 Å². The maximum Gasteiger partial charge on any atom is 0.139 e. The quantitative estimate of drug-likeness (QED) is 0.543. The molecule has 2 aliphatic rings. The molecule has 0 aromatic heterocycles. The van der Waals surface area contributed by atoms with E-state index in [1.165, 1.54) is 56.9 Å². The number of hydrogen-bond acceptors (Lipinski definition) is 2. The third-order valence-corrected chi connectivity index (χ3v) is 4.92. The molecule has 113 valence electrons. The lowest BCUT2D eigenvalue weighted by Crippen LogP contribution is -2.13. The average Bonchev–Trinajstić information content (AvgIpc) is 2.57. The Balaban J connectivity index is 1.51. The Morgan fingerprint density at radius 2 is 1.43 bits per heavy atom. The molecular weight excluding hydrogens is 258 g/mol. The monoisotopic (exact) mass is 284 g/mol. The summed E-state index contributed by atoms with van der Waals surface area (Å²) >= 11 is 0. The van der Waals surface area contributed by atoms with E-state index in [1.807, 2.05) is 0 Å². The molecule has 3 rings (SSSR count). The molecule has 0 aliphatic heterocycles. The molecule has 0 spiro atoms. The Labute approximate surface area is 128 Å². The molecular formula is C19H26NO. The van der Waals surface area contributed by atoms with Crippen molar-refractivity contribution in [2.24, 2.45) is 5.16 Å². The maximum absolute atomic E-state index is 5.55. The normalized spacial score (nSPS) is 21.7. The van der Waals surface area contributed by atoms with Crippen LogP contribution in [0.3, 0.4) is 0 Å². The van der Waals surface area contributed by atoms with Gasteiger partial charge in [-0.15, -0.1) is 0 Å². The van der Waals surface area contributed by atoms with Crippen molar-refractivity contribution in [1.82, 2.24) is 0 Å². The fourth-order valence-electron chi connectivity index (χ4n) is 3.59. The van der Waals surface area contributed by atoms with Crippen LogP contribution in [0.5, 0.6) is 0 Å². The summed E-state index contributed by atoms with van der Waals surface area (Å²) in [4.78, 5) is 5.55. The summed E-state index contributed by atoms with van der Waals surface area (Å²) in [5, 5.41) is 4.06. The minimum atomic E-state index is 0.313. The van der Waals surface area contributed by atoms with E-state index in [0.29, 0.717) is 6.10 Å². The molecule has 2 nitrogen and oxygen atoms in total. The Hall–Kier alpha value is -1.31. The highest BCUT2D eigenvalue weighted by Gasteiger charge is 2.15. The van der Waals surface area contributed by atoms with Gasteiger partial charge in [-0.25, -0.2) is 0 Å². The molecule has 0 bridgehead atoms. The Morgan fingerprint density at radius 3 is 2.10 bits per heavy atom. The van der Waals surface area contributed by atoms with Crippen molar-refractivity contribution in [2.75, 3.05) is 0 Å². The first kappa shape index (κ1) is 14.6. The van der Waals surface area contributed by atoms with Crippen molar-refractivity contribution >= 4 is 6.21 Å². The summed E-state index contributed by atoms with van der Waals surface area (Å²) in [6, 6.07) is 8.73. The van der Waals surface area contributed by atoms with Crippen LogP contribution in [0.4, 0.5) is 0 Å². The van der Waals surface area contributed by atoms with Gasteiger partial charge < -0.3 is 4.84 Å². The third-order valence-electron chi connectivity index (χ3n) is 4.92. The van der Waals surface area contributed by atoms with Crippen molar-refractivity contribution in [1.29, 1.82) is 0 Å². The smallest absolute Gasteiger partial charge is 0.139 e. The topological polar surface area (TPSA) is 21.6 Å². The van der Waals surface area contributed by atoms with Crippen LogP contribution in [-0.2, 0) is 4.84 Å². The molecule has 0 atom stereocenters. The second-order valence-corrected chi connectivity index (χ2v) is 6.53. The molecule has 0 N–H and O–H groups in total. The molecule has 2 heteroatoms. The molecule has 1 aromatic rings. The van der Waals surface area contributed by atoms with Crippen LogP contribution in [0.15, 0.2) is 29.4 Å². The van der Waals surface area contributed by atoms with Crippen LogP contribution in [0.2, 0.25) is 0 Å². The molecule has 1 radical (unpaired) electrons. The van der Waals surface area contributed by atoms with Gasteiger partial charge in [0, 0.05) is 5.56 Å². The highest BCUT2D eigenvalue weighted by atomic mass is 16.6. The minimum absolute atomic E-state index is 0.313. The predicted molar refractivity (Wildman–Crippen MR) is 86.8 cm³/mol. The first-order valence-corrected chi connectivity index (χ1v) is 8.63. The van der Waals surface area contributed by atoms with Crippen LogP contribution in [0, 0.1) is 0 Å². The summed E-state index contributed by atoms with van der Waals surface area (Å²) < 4.78 is 0. The van der Waals surface area contributed by atoms with E-state index in [1.54, 1.807) is 0 Å².